The topological polar surface area (TPSA) is 77.8 Å². The molecule has 6 heteroatoms. The van der Waals surface area contributed by atoms with Crippen LogP contribution in [0.5, 0.6) is 0 Å². The lowest BCUT2D eigenvalue weighted by atomic mass is 9.86. The summed E-state index contributed by atoms with van der Waals surface area (Å²) in [5.41, 5.74) is 6.82. The molecule has 4 rings (SSSR count). The maximum absolute atomic E-state index is 6.05. The van der Waals surface area contributed by atoms with Crippen LogP contribution in [0, 0.1) is 0 Å². The average molecular weight is 331 g/mol. The molecule has 2 N–H and O–H groups in total. The number of hydrogen-bond acceptors (Lipinski definition) is 5. The summed E-state index contributed by atoms with van der Waals surface area (Å²) in [7, 11) is 0. The van der Waals surface area contributed by atoms with Gasteiger partial charge in [-0.05, 0) is 30.7 Å². The molecule has 1 saturated carbocycles. The molecule has 1 aliphatic rings. The van der Waals surface area contributed by atoms with Crippen molar-refractivity contribution < 1.29 is 4.52 Å². The van der Waals surface area contributed by atoms with E-state index in [1.165, 1.54) is 0 Å². The van der Waals surface area contributed by atoms with Gasteiger partial charge in [0.25, 0.3) is 0 Å². The van der Waals surface area contributed by atoms with E-state index in [9.17, 15) is 0 Å². The second kappa shape index (κ2) is 6.64. The molecule has 23 heavy (non-hydrogen) atoms. The largest absolute Gasteiger partial charge is 0.339 e. The van der Waals surface area contributed by atoms with Crippen LogP contribution in [0.4, 0.5) is 0 Å². The minimum atomic E-state index is 0. The molecule has 0 radical (unpaired) electrons. The summed E-state index contributed by atoms with van der Waals surface area (Å²) in [5.74, 6) is 1.53. The number of pyridine rings is 1. The molecule has 1 aromatic carbocycles. The average Bonchev–Trinajstić information content (AvgIpc) is 3.04. The van der Waals surface area contributed by atoms with Crippen LogP contribution in [0.15, 0.2) is 41.1 Å². The number of benzene rings is 1. The SMILES string of the molecule is Cl.NC1CCCC(c2nc(-c3nccc4ccccc34)no2)C1. The smallest absolute Gasteiger partial charge is 0.230 e. The van der Waals surface area contributed by atoms with Gasteiger partial charge >= 0.3 is 0 Å². The molecule has 5 nitrogen and oxygen atoms in total. The van der Waals surface area contributed by atoms with Crippen LogP contribution in [-0.4, -0.2) is 21.2 Å². The molecule has 2 heterocycles. The van der Waals surface area contributed by atoms with Gasteiger partial charge in [0.1, 0.15) is 5.69 Å². The lowest BCUT2D eigenvalue weighted by molar-refractivity contribution is 0.299. The maximum Gasteiger partial charge on any atom is 0.230 e. The number of nitrogens with two attached hydrogens (primary N) is 1. The Labute approximate surface area is 140 Å². The number of fused-ring (bicyclic) bond motifs is 1. The highest BCUT2D eigenvalue weighted by Gasteiger charge is 2.26. The van der Waals surface area contributed by atoms with Crippen molar-refractivity contribution in [1.29, 1.82) is 0 Å². The van der Waals surface area contributed by atoms with Gasteiger partial charge in [-0.3, -0.25) is 4.98 Å². The monoisotopic (exact) mass is 330 g/mol. The lowest BCUT2D eigenvalue weighted by Crippen LogP contribution is -2.26. The standard InChI is InChI=1S/C17H18N4O.ClH/c18-13-6-3-5-12(10-13)17-20-16(21-22-17)15-14-7-2-1-4-11(14)8-9-19-15;/h1-2,4,7-9,12-13H,3,5-6,10,18H2;1H. The summed E-state index contributed by atoms with van der Waals surface area (Å²) in [6, 6.07) is 10.3. The predicted molar refractivity (Wildman–Crippen MR) is 91.5 cm³/mol. The molecule has 120 valence electrons. The van der Waals surface area contributed by atoms with Gasteiger partial charge in [-0.15, -0.1) is 12.4 Å². The van der Waals surface area contributed by atoms with Gasteiger partial charge in [0.15, 0.2) is 0 Å². The van der Waals surface area contributed by atoms with E-state index in [0.717, 1.165) is 42.1 Å². The molecule has 0 spiro atoms. The first kappa shape index (κ1) is 15.9. The fraction of sp³-hybridized carbons (Fsp3) is 0.353. The normalized spacial score (nSPS) is 21.1. The second-order valence-electron chi connectivity index (χ2n) is 5.96. The van der Waals surface area contributed by atoms with Crippen molar-refractivity contribution in [2.24, 2.45) is 5.73 Å². The highest BCUT2D eigenvalue weighted by Crippen LogP contribution is 2.32. The molecule has 0 aliphatic heterocycles. The van der Waals surface area contributed by atoms with Gasteiger partial charge in [0.05, 0.1) is 0 Å². The van der Waals surface area contributed by atoms with Gasteiger partial charge in [-0.1, -0.05) is 35.8 Å². The summed E-state index contributed by atoms with van der Waals surface area (Å²) >= 11 is 0. The number of nitrogens with zero attached hydrogens (tertiary/aromatic N) is 3. The van der Waals surface area contributed by atoms with Crippen molar-refractivity contribution >= 4 is 23.2 Å². The summed E-state index contributed by atoms with van der Waals surface area (Å²) in [6.45, 7) is 0. The van der Waals surface area contributed by atoms with Crippen molar-refractivity contribution in [1.82, 2.24) is 15.1 Å². The lowest BCUT2D eigenvalue weighted by Gasteiger charge is -2.23. The molecule has 2 unspecified atom stereocenters. The molecule has 1 fully saturated rings. The van der Waals surface area contributed by atoms with Crippen molar-refractivity contribution in [2.45, 2.75) is 37.6 Å². The van der Waals surface area contributed by atoms with Crippen molar-refractivity contribution in [3.63, 3.8) is 0 Å². The number of hydrogen-bond donors (Lipinski definition) is 1. The van der Waals surface area contributed by atoms with Crippen LogP contribution in [0.3, 0.4) is 0 Å². The Hall–Kier alpha value is -1.98. The third-order valence-corrected chi connectivity index (χ3v) is 4.39. The molecular weight excluding hydrogens is 312 g/mol. The number of aromatic nitrogens is 3. The van der Waals surface area contributed by atoms with Crippen LogP contribution < -0.4 is 5.73 Å². The fourth-order valence-corrected chi connectivity index (χ4v) is 3.25. The van der Waals surface area contributed by atoms with Crippen LogP contribution >= 0.6 is 12.4 Å². The number of halogens is 1. The summed E-state index contributed by atoms with van der Waals surface area (Å²) in [4.78, 5) is 9.03. The zero-order chi connectivity index (χ0) is 14.9. The minimum absolute atomic E-state index is 0. The molecule has 2 atom stereocenters. The first-order chi connectivity index (χ1) is 10.8. The Morgan fingerprint density at radius 1 is 1.13 bits per heavy atom. The Bertz CT molecular complexity index is 799. The van der Waals surface area contributed by atoms with Crippen molar-refractivity contribution in [3.05, 3.63) is 42.4 Å². The first-order valence-corrected chi connectivity index (χ1v) is 7.74. The van der Waals surface area contributed by atoms with E-state index in [4.69, 9.17) is 10.3 Å². The Morgan fingerprint density at radius 2 is 2.00 bits per heavy atom. The molecule has 1 aliphatic carbocycles. The highest BCUT2D eigenvalue weighted by molar-refractivity contribution is 5.92. The molecule has 3 aromatic rings. The van der Waals surface area contributed by atoms with Crippen LogP contribution in [0.1, 0.15) is 37.5 Å². The quantitative estimate of drug-likeness (QED) is 0.775. The summed E-state index contributed by atoms with van der Waals surface area (Å²) in [6.07, 6.45) is 5.98. The van der Waals surface area contributed by atoms with E-state index >= 15 is 0 Å². The van der Waals surface area contributed by atoms with E-state index in [2.05, 4.69) is 21.2 Å². The van der Waals surface area contributed by atoms with Gasteiger partial charge in [-0.2, -0.15) is 4.98 Å². The zero-order valence-corrected chi connectivity index (χ0v) is 13.5. The van der Waals surface area contributed by atoms with Crippen LogP contribution in [0.2, 0.25) is 0 Å². The molecule has 0 amide bonds. The van der Waals surface area contributed by atoms with Gasteiger partial charge in [0, 0.05) is 23.5 Å². The minimum Gasteiger partial charge on any atom is -0.339 e. The van der Waals surface area contributed by atoms with E-state index in [1.54, 1.807) is 6.20 Å². The number of rotatable bonds is 2. The van der Waals surface area contributed by atoms with Gasteiger partial charge in [-0.25, -0.2) is 0 Å². The molecular formula is C17H19ClN4O. The fourth-order valence-electron chi connectivity index (χ4n) is 3.25. The van der Waals surface area contributed by atoms with E-state index in [1.807, 2.05) is 24.3 Å². The third-order valence-electron chi connectivity index (χ3n) is 4.39. The van der Waals surface area contributed by atoms with E-state index in [-0.39, 0.29) is 24.4 Å². The first-order valence-electron chi connectivity index (χ1n) is 7.74. The predicted octanol–water partition coefficient (Wildman–Crippen LogP) is 3.69. The van der Waals surface area contributed by atoms with E-state index < -0.39 is 0 Å². The molecule has 0 bridgehead atoms. The summed E-state index contributed by atoms with van der Waals surface area (Å²) < 4.78 is 5.50. The van der Waals surface area contributed by atoms with E-state index in [0.29, 0.717) is 11.7 Å². The van der Waals surface area contributed by atoms with Crippen LogP contribution in [-0.2, 0) is 0 Å². The van der Waals surface area contributed by atoms with Gasteiger partial charge in [0.2, 0.25) is 11.7 Å². The Morgan fingerprint density at radius 3 is 2.87 bits per heavy atom. The van der Waals surface area contributed by atoms with Gasteiger partial charge < -0.3 is 10.3 Å². The molecule has 2 aromatic heterocycles. The highest BCUT2D eigenvalue weighted by atomic mass is 35.5. The maximum atomic E-state index is 6.05. The Kier molecular flexibility index (Phi) is 4.59. The Balaban J connectivity index is 0.00000156. The molecule has 0 saturated heterocycles. The zero-order valence-electron chi connectivity index (χ0n) is 12.7. The van der Waals surface area contributed by atoms with Crippen molar-refractivity contribution in [3.8, 4) is 11.5 Å². The van der Waals surface area contributed by atoms with Crippen LogP contribution in [0.25, 0.3) is 22.3 Å². The third kappa shape index (κ3) is 3.07. The second-order valence-corrected chi connectivity index (χ2v) is 5.96. The van der Waals surface area contributed by atoms with Crippen molar-refractivity contribution in [2.75, 3.05) is 0 Å². The summed E-state index contributed by atoms with van der Waals surface area (Å²) in [5, 5.41) is 6.31.